The molecule has 1 amide bonds. The van der Waals surface area contributed by atoms with Crippen molar-refractivity contribution in [2.75, 3.05) is 5.32 Å². The number of nitrogens with one attached hydrogen (secondary N) is 2. The van der Waals surface area contributed by atoms with Crippen LogP contribution in [0, 0.1) is 0 Å². The van der Waals surface area contributed by atoms with Gasteiger partial charge in [0, 0.05) is 35.8 Å². The lowest BCUT2D eigenvalue weighted by Gasteiger charge is -2.12. The van der Waals surface area contributed by atoms with Gasteiger partial charge >= 0.3 is 0 Å². The van der Waals surface area contributed by atoms with Crippen molar-refractivity contribution < 1.29 is 4.79 Å². The minimum atomic E-state index is -0.125. The van der Waals surface area contributed by atoms with E-state index in [1.807, 2.05) is 71.4 Å². The second-order valence-corrected chi connectivity index (χ2v) is 10.1. The molecule has 6 nitrogen and oxygen atoms in total. The first-order valence-electron chi connectivity index (χ1n) is 11.2. The number of hydrogen-bond acceptors (Lipinski definition) is 5. The van der Waals surface area contributed by atoms with Gasteiger partial charge in [-0.05, 0) is 61.6 Å². The molecule has 3 heterocycles. The van der Waals surface area contributed by atoms with E-state index in [-0.39, 0.29) is 5.91 Å². The van der Waals surface area contributed by atoms with Gasteiger partial charge in [-0.2, -0.15) is 21.0 Å². The predicted molar refractivity (Wildman–Crippen MR) is 150 cm³/mol. The first-order chi connectivity index (χ1) is 17.6. The smallest absolute Gasteiger partial charge is 0.244 e. The van der Waals surface area contributed by atoms with Crippen LogP contribution in [0.3, 0.4) is 0 Å². The molecule has 0 aliphatic rings. The number of carbonyl (C=O) groups excluding carboxylic acids is 1. The van der Waals surface area contributed by atoms with Crippen LogP contribution in [0.2, 0.25) is 5.02 Å². The number of rotatable bonds is 8. The Labute approximate surface area is 225 Å². The van der Waals surface area contributed by atoms with Crippen LogP contribution in [-0.2, 0) is 17.9 Å². The van der Waals surface area contributed by atoms with Crippen LogP contribution in [0.25, 0.3) is 23.0 Å². The Morgan fingerprint density at radius 2 is 1.92 bits per heavy atom. The molecule has 36 heavy (non-hydrogen) atoms. The number of fused-ring (bicyclic) bond motifs is 1. The highest BCUT2D eigenvalue weighted by Gasteiger charge is 2.13. The second-order valence-electron chi connectivity index (χ2n) is 8.02. The molecule has 2 N–H and O–H groups in total. The molecule has 0 bridgehead atoms. The van der Waals surface area contributed by atoms with Gasteiger partial charge in [-0.15, -0.1) is 0 Å². The first kappa shape index (κ1) is 24.2. The predicted octanol–water partition coefficient (Wildman–Crippen LogP) is 6.82. The molecule has 0 saturated heterocycles. The number of anilines is 1. The van der Waals surface area contributed by atoms with Gasteiger partial charge in [0.15, 0.2) is 5.65 Å². The molecule has 0 radical (unpaired) electrons. The zero-order chi connectivity index (χ0) is 24.9. The minimum absolute atomic E-state index is 0.125. The molecule has 0 spiro atoms. The van der Waals surface area contributed by atoms with Crippen molar-refractivity contribution in [3.63, 3.8) is 0 Å². The van der Waals surface area contributed by atoms with Crippen LogP contribution in [0.4, 0.5) is 5.82 Å². The zero-order valence-corrected chi connectivity index (χ0v) is 22.1. The lowest BCUT2D eigenvalue weighted by molar-refractivity contribution is -0.116. The number of carbonyl (C=O) groups is 1. The topological polar surface area (TPSA) is 71.3 Å². The molecule has 0 atom stereocenters. The summed E-state index contributed by atoms with van der Waals surface area (Å²) in [6.07, 6.45) is 5.09. The molecule has 3 aromatic heterocycles. The van der Waals surface area contributed by atoms with E-state index in [0.29, 0.717) is 23.8 Å². The Morgan fingerprint density at radius 1 is 1.08 bits per heavy atom. The van der Waals surface area contributed by atoms with Gasteiger partial charge in [0.1, 0.15) is 5.82 Å². The fourth-order valence-electron chi connectivity index (χ4n) is 3.70. The number of thiophene rings is 1. The van der Waals surface area contributed by atoms with Crippen LogP contribution >= 0.6 is 38.9 Å². The number of amides is 1. The van der Waals surface area contributed by atoms with E-state index in [1.54, 1.807) is 28.1 Å². The zero-order valence-electron chi connectivity index (χ0n) is 19.0. The van der Waals surface area contributed by atoms with Crippen molar-refractivity contribution in [1.82, 2.24) is 19.9 Å². The molecule has 9 heteroatoms. The van der Waals surface area contributed by atoms with Crippen LogP contribution in [0.15, 0.2) is 88.2 Å². The Morgan fingerprint density at radius 3 is 2.72 bits per heavy atom. The maximum atomic E-state index is 12.2. The molecule has 0 fully saturated rings. The fraction of sp³-hybridized carbons (Fsp3) is 0.0741. The maximum absolute atomic E-state index is 12.2. The first-order valence-corrected chi connectivity index (χ1v) is 13.3. The monoisotopic (exact) mass is 577 g/mol. The highest BCUT2D eigenvalue weighted by Crippen LogP contribution is 2.30. The fourth-order valence-corrected chi connectivity index (χ4v) is 4.91. The summed E-state index contributed by atoms with van der Waals surface area (Å²) >= 11 is 11.6. The summed E-state index contributed by atoms with van der Waals surface area (Å²) in [7, 11) is 0. The Balaban J connectivity index is 1.30. The van der Waals surface area contributed by atoms with E-state index >= 15 is 0 Å². The van der Waals surface area contributed by atoms with Gasteiger partial charge in [-0.1, -0.05) is 54.1 Å². The van der Waals surface area contributed by atoms with Crippen molar-refractivity contribution in [3.05, 3.63) is 110 Å². The van der Waals surface area contributed by atoms with Gasteiger partial charge in [-0.25, -0.2) is 4.98 Å². The number of halogens is 2. The van der Waals surface area contributed by atoms with Crippen LogP contribution < -0.4 is 10.6 Å². The van der Waals surface area contributed by atoms with E-state index in [2.05, 4.69) is 37.7 Å². The van der Waals surface area contributed by atoms with Crippen molar-refractivity contribution in [1.29, 1.82) is 0 Å². The summed E-state index contributed by atoms with van der Waals surface area (Å²) < 4.78 is 2.55. The summed E-state index contributed by atoms with van der Waals surface area (Å²) in [5.41, 5.74) is 5.42. The Bertz CT molecular complexity index is 1550. The average molecular weight is 579 g/mol. The highest BCUT2D eigenvalue weighted by atomic mass is 79.9. The molecule has 2 aromatic carbocycles. The van der Waals surface area contributed by atoms with Crippen LogP contribution in [0.1, 0.15) is 16.7 Å². The van der Waals surface area contributed by atoms with E-state index in [4.69, 9.17) is 16.6 Å². The summed E-state index contributed by atoms with van der Waals surface area (Å²) in [5, 5.41) is 15.5. The molecule has 180 valence electrons. The van der Waals surface area contributed by atoms with E-state index in [1.165, 1.54) is 0 Å². The summed E-state index contributed by atoms with van der Waals surface area (Å²) in [6.45, 7) is 1.02. The van der Waals surface area contributed by atoms with Gasteiger partial charge < -0.3 is 10.6 Å². The van der Waals surface area contributed by atoms with Crippen molar-refractivity contribution >= 4 is 62.3 Å². The van der Waals surface area contributed by atoms with Crippen molar-refractivity contribution in [2.45, 2.75) is 13.1 Å². The quantitative estimate of drug-likeness (QED) is 0.198. The van der Waals surface area contributed by atoms with Gasteiger partial charge in [0.25, 0.3) is 0 Å². The second kappa shape index (κ2) is 11.1. The Hall–Kier alpha value is -3.46. The van der Waals surface area contributed by atoms with E-state index in [9.17, 15) is 4.79 Å². The molecular weight excluding hydrogens is 558 g/mol. The van der Waals surface area contributed by atoms with Crippen LogP contribution in [0.5, 0.6) is 0 Å². The third-order valence-corrected chi connectivity index (χ3v) is 7.07. The molecule has 0 unspecified atom stereocenters. The molecule has 0 aliphatic heterocycles. The third-order valence-electron chi connectivity index (χ3n) is 5.48. The summed E-state index contributed by atoms with van der Waals surface area (Å²) in [5.74, 6) is 0.665. The summed E-state index contributed by atoms with van der Waals surface area (Å²) in [6, 6.07) is 19.6. The van der Waals surface area contributed by atoms with Crippen molar-refractivity contribution in [2.24, 2.45) is 0 Å². The molecule has 0 saturated carbocycles. The SMILES string of the molecule is O=C(/C=C/c1ccsc1)NCc1cccc(CNc2cc(-c3ccccc3Cl)nc3c(Br)cnn23)c1. The number of hydrogen-bond donors (Lipinski definition) is 2. The van der Waals surface area contributed by atoms with E-state index < -0.39 is 0 Å². The number of aromatic nitrogens is 3. The molecule has 0 aliphatic carbocycles. The highest BCUT2D eigenvalue weighted by molar-refractivity contribution is 9.10. The van der Waals surface area contributed by atoms with E-state index in [0.717, 1.165) is 38.2 Å². The number of benzene rings is 2. The molecule has 5 rings (SSSR count). The lowest BCUT2D eigenvalue weighted by atomic mass is 10.1. The average Bonchev–Trinajstić information content (AvgIpc) is 3.55. The minimum Gasteiger partial charge on any atom is -0.366 e. The Kier molecular flexibility index (Phi) is 7.46. The van der Waals surface area contributed by atoms with Crippen molar-refractivity contribution in [3.8, 4) is 11.3 Å². The largest absolute Gasteiger partial charge is 0.366 e. The van der Waals surface area contributed by atoms with Gasteiger partial charge in [-0.3, -0.25) is 4.79 Å². The maximum Gasteiger partial charge on any atom is 0.244 e. The molecule has 5 aromatic rings. The standard InChI is InChI=1S/C27H21BrClN5OS/c28-22-16-32-34-25(13-24(33-27(22)34)21-6-1-2-7-23(21)29)30-14-19-4-3-5-20(12-19)15-31-26(35)9-8-18-10-11-36-17-18/h1-13,16-17,30H,14-15H2,(H,31,35)/b9-8+. The van der Waals surface area contributed by atoms with Crippen LogP contribution in [-0.4, -0.2) is 20.5 Å². The number of nitrogens with zero attached hydrogens (tertiary/aromatic N) is 3. The third kappa shape index (κ3) is 5.67. The summed E-state index contributed by atoms with van der Waals surface area (Å²) in [4.78, 5) is 16.9. The van der Waals surface area contributed by atoms with Gasteiger partial charge in [0.2, 0.25) is 5.91 Å². The molecular formula is C27H21BrClN5OS. The van der Waals surface area contributed by atoms with Gasteiger partial charge in [0.05, 0.1) is 16.4 Å². The lowest BCUT2D eigenvalue weighted by Crippen LogP contribution is -2.20. The normalized spacial score (nSPS) is 11.3.